The van der Waals surface area contributed by atoms with Crippen molar-refractivity contribution >= 4 is 22.0 Å². The van der Waals surface area contributed by atoms with E-state index in [0.717, 1.165) is 6.26 Å². The number of rotatable bonds is 3. The number of carbonyl (C=O) groups is 2. The van der Waals surface area contributed by atoms with Gasteiger partial charge in [0.05, 0.1) is 11.2 Å². The van der Waals surface area contributed by atoms with Crippen molar-refractivity contribution in [2.45, 2.75) is 11.8 Å². The minimum atomic E-state index is -3.78. The molecule has 0 saturated heterocycles. The Balaban J connectivity index is 0.000000459. The van der Waals surface area contributed by atoms with E-state index in [1.807, 2.05) is 0 Å². The number of nitrogens with two attached hydrogens (primary N) is 1. The normalized spacial score (nSPS) is 9.53. The molecule has 8 heteroatoms. The van der Waals surface area contributed by atoms with Crippen molar-refractivity contribution in [1.82, 2.24) is 4.72 Å². The molecule has 19 heavy (non-hydrogen) atoms. The van der Waals surface area contributed by atoms with E-state index in [9.17, 15) is 18.0 Å². The lowest BCUT2D eigenvalue weighted by Crippen LogP contribution is -2.34. The fourth-order valence-corrected chi connectivity index (χ4v) is 1.81. The Bertz CT molecular complexity index is 539. The molecule has 1 aromatic rings. The van der Waals surface area contributed by atoms with Crippen molar-refractivity contribution in [2.24, 2.45) is 5.73 Å². The van der Waals surface area contributed by atoms with Gasteiger partial charge in [0.1, 0.15) is 0 Å². The van der Waals surface area contributed by atoms with E-state index >= 15 is 0 Å². The summed E-state index contributed by atoms with van der Waals surface area (Å²) in [5, 5.41) is 0. The number of amides is 2. The molecule has 7 nitrogen and oxygen atoms in total. The molecule has 0 saturated carbocycles. The van der Waals surface area contributed by atoms with E-state index in [-0.39, 0.29) is 10.9 Å². The smallest absolute Gasteiger partial charge is 0.326 e. The molecule has 104 valence electrons. The fraction of sp³-hybridized carbons (Fsp3) is 0.0909. The summed E-state index contributed by atoms with van der Waals surface area (Å²) < 4.78 is 28.3. The van der Waals surface area contributed by atoms with Crippen LogP contribution in [0.2, 0.25) is 0 Å². The molecule has 0 bridgehead atoms. The van der Waals surface area contributed by atoms with Crippen LogP contribution in [0.1, 0.15) is 6.92 Å². The molecular formula is C11H14N2O5S. The monoisotopic (exact) mass is 286 g/mol. The number of nitrogens with one attached hydrogen (secondary N) is 1. The third-order valence-electron chi connectivity index (χ3n) is 1.54. The molecule has 0 aromatic heterocycles. The van der Waals surface area contributed by atoms with E-state index in [2.05, 4.69) is 17.0 Å². The van der Waals surface area contributed by atoms with Crippen LogP contribution < -0.4 is 10.5 Å². The Morgan fingerprint density at radius 2 is 1.84 bits per heavy atom. The van der Waals surface area contributed by atoms with Gasteiger partial charge < -0.3 is 10.5 Å². The van der Waals surface area contributed by atoms with Crippen molar-refractivity contribution in [3.8, 4) is 0 Å². The second-order valence-electron chi connectivity index (χ2n) is 3.06. The van der Waals surface area contributed by atoms with Crippen LogP contribution in [0, 0.1) is 0 Å². The second-order valence-corrected chi connectivity index (χ2v) is 4.74. The van der Waals surface area contributed by atoms with Gasteiger partial charge in [-0.3, -0.25) is 4.79 Å². The Morgan fingerprint density at radius 1 is 1.32 bits per heavy atom. The molecule has 0 heterocycles. The maximum Gasteiger partial charge on any atom is 0.326 e. The lowest BCUT2D eigenvalue weighted by atomic mass is 10.4. The van der Waals surface area contributed by atoms with Gasteiger partial charge in [-0.05, 0) is 12.1 Å². The largest absolute Gasteiger partial charge is 0.435 e. The molecule has 0 aliphatic rings. The average Bonchev–Trinajstić information content (AvgIpc) is 2.29. The third-order valence-corrected chi connectivity index (χ3v) is 2.90. The molecule has 0 atom stereocenters. The molecule has 0 aliphatic heterocycles. The van der Waals surface area contributed by atoms with E-state index in [0.29, 0.717) is 0 Å². The number of hydrogen-bond acceptors (Lipinski definition) is 5. The van der Waals surface area contributed by atoms with Crippen LogP contribution in [-0.2, 0) is 19.6 Å². The number of hydrogen-bond donors (Lipinski definition) is 2. The zero-order valence-electron chi connectivity index (χ0n) is 10.2. The predicted octanol–water partition coefficient (Wildman–Crippen LogP) is 0.737. The molecule has 3 N–H and O–H groups in total. The zero-order chi connectivity index (χ0) is 14.9. The lowest BCUT2D eigenvalue weighted by Gasteiger charge is -2.02. The zero-order valence-corrected chi connectivity index (χ0v) is 11.0. The first kappa shape index (κ1) is 16.7. The topological polar surface area (TPSA) is 116 Å². The van der Waals surface area contributed by atoms with Gasteiger partial charge in [-0.1, -0.05) is 24.8 Å². The van der Waals surface area contributed by atoms with Gasteiger partial charge in [0.25, 0.3) is 10.0 Å². The van der Waals surface area contributed by atoms with E-state index in [1.54, 1.807) is 22.9 Å². The minimum absolute atomic E-state index is 0.00815. The maximum atomic E-state index is 11.2. The second kappa shape index (κ2) is 7.88. The molecule has 0 aliphatic carbocycles. The molecule has 1 aromatic carbocycles. The van der Waals surface area contributed by atoms with Crippen LogP contribution in [0.15, 0.2) is 48.1 Å². The summed E-state index contributed by atoms with van der Waals surface area (Å²) in [6.45, 7) is 4.48. The number of ether oxygens (including phenoxy) is 1. The summed E-state index contributed by atoms with van der Waals surface area (Å²) in [6.07, 6.45) is 1.10. The Labute approximate surface area is 111 Å². The molecule has 0 radical (unpaired) electrons. The van der Waals surface area contributed by atoms with Gasteiger partial charge in [0.2, 0.25) is 0 Å². The molecule has 0 unspecified atom stereocenters. The van der Waals surface area contributed by atoms with Crippen molar-refractivity contribution in [1.29, 1.82) is 0 Å². The number of sulfonamides is 1. The van der Waals surface area contributed by atoms with Crippen LogP contribution >= 0.6 is 0 Å². The third kappa shape index (κ3) is 7.55. The summed E-state index contributed by atoms with van der Waals surface area (Å²) in [7, 11) is -3.78. The first-order chi connectivity index (χ1) is 8.79. The van der Waals surface area contributed by atoms with Gasteiger partial charge in [0, 0.05) is 6.92 Å². The number of esters is 1. The van der Waals surface area contributed by atoms with Gasteiger partial charge >= 0.3 is 12.0 Å². The van der Waals surface area contributed by atoms with Crippen molar-refractivity contribution in [3.63, 3.8) is 0 Å². The van der Waals surface area contributed by atoms with Gasteiger partial charge in [-0.15, -0.1) is 0 Å². The SMILES string of the molecule is C=COC(C)=O.NC(=O)NS(=O)(=O)c1ccccc1. The summed E-state index contributed by atoms with van der Waals surface area (Å²) in [4.78, 5) is 20.1. The molecule has 0 spiro atoms. The van der Waals surface area contributed by atoms with Crippen LogP contribution in [-0.4, -0.2) is 20.4 Å². The van der Waals surface area contributed by atoms with Crippen LogP contribution in [0.3, 0.4) is 0 Å². The van der Waals surface area contributed by atoms with Crippen molar-refractivity contribution < 1.29 is 22.7 Å². The Morgan fingerprint density at radius 3 is 2.16 bits per heavy atom. The lowest BCUT2D eigenvalue weighted by molar-refractivity contribution is -0.135. The van der Waals surface area contributed by atoms with Crippen LogP contribution in [0.4, 0.5) is 4.79 Å². The highest BCUT2D eigenvalue weighted by atomic mass is 32.2. The molecule has 2 amide bonds. The molecule has 0 fully saturated rings. The van der Waals surface area contributed by atoms with Crippen LogP contribution in [0.25, 0.3) is 0 Å². The molecule has 1 rings (SSSR count). The number of urea groups is 1. The number of carbonyl (C=O) groups excluding carboxylic acids is 2. The van der Waals surface area contributed by atoms with Crippen LogP contribution in [0.5, 0.6) is 0 Å². The van der Waals surface area contributed by atoms with Gasteiger partial charge in [-0.25, -0.2) is 17.9 Å². The summed E-state index contributed by atoms with van der Waals surface area (Å²) in [6, 6.07) is 6.41. The summed E-state index contributed by atoms with van der Waals surface area (Å²) in [5.74, 6) is -0.329. The van der Waals surface area contributed by atoms with Gasteiger partial charge in [-0.2, -0.15) is 0 Å². The minimum Gasteiger partial charge on any atom is -0.435 e. The summed E-state index contributed by atoms with van der Waals surface area (Å²) >= 11 is 0. The number of primary amides is 1. The summed E-state index contributed by atoms with van der Waals surface area (Å²) in [5.41, 5.74) is 4.69. The standard InChI is InChI=1S/C7H8N2O3S.C4H6O2/c8-7(10)9-13(11,12)6-4-2-1-3-5-6;1-3-6-4(2)5/h1-5H,(H3,8,9,10);3H,1H2,2H3. The highest BCUT2D eigenvalue weighted by molar-refractivity contribution is 7.90. The first-order valence-corrected chi connectivity index (χ1v) is 6.43. The molecular weight excluding hydrogens is 272 g/mol. The Hall–Kier alpha value is -2.35. The fourth-order valence-electron chi connectivity index (χ4n) is 0.908. The number of benzene rings is 1. The maximum absolute atomic E-state index is 11.2. The Kier molecular flexibility index (Phi) is 6.90. The van der Waals surface area contributed by atoms with Gasteiger partial charge in [0.15, 0.2) is 0 Å². The van der Waals surface area contributed by atoms with E-state index in [1.165, 1.54) is 19.1 Å². The van der Waals surface area contributed by atoms with E-state index in [4.69, 9.17) is 0 Å². The quantitative estimate of drug-likeness (QED) is 0.628. The highest BCUT2D eigenvalue weighted by Gasteiger charge is 2.14. The first-order valence-electron chi connectivity index (χ1n) is 4.95. The predicted molar refractivity (Wildman–Crippen MR) is 68.3 cm³/mol. The van der Waals surface area contributed by atoms with E-state index < -0.39 is 16.1 Å². The van der Waals surface area contributed by atoms with Crippen molar-refractivity contribution in [3.05, 3.63) is 43.2 Å². The highest BCUT2D eigenvalue weighted by Crippen LogP contribution is 2.05. The average molecular weight is 286 g/mol. The van der Waals surface area contributed by atoms with Crippen molar-refractivity contribution in [2.75, 3.05) is 0 Å².